The Morgan fingerprint density at radius 2 is 1.75 bits per heavy atom. The zero-order chi connectivity index (χ0) is 20.1. The van der Waals surface area contributed by atoms with Crippen molar-refractivity contribution in [1.82, 2.24) is 5.32 Å². The van der Waals surface area contributed by atoms with E-state index in [-0.39, 0.29) is 17.9 Å². The summed E-state index contributed by atoms with van der Waals surface area (Å²) in [5, 5.41) is 4.60. The first-order valence-corrected chi connectivity index (χ1v) is 10.4. The van der Waals surface area contributed by atoms with Gasteiger partial charge in [0.05, 0.1) is 13.7 Å². The van der Waals surface area contributed by atoms with Gasteiger partial charge in [0.25, 0.3) is 5.91 Å². The van der Waals surface area contributed by atoms with Gasteiger partial charge < -0.3 is 15.0 Å². The van der Waals surface area contributed by atoms with Crippen LogP contribution in [0.25, 0.3) is 0 Å². The number of likely N-dealkylation sites (N-methyl/N-ethyl adjacent to an activating group) is 1. The van der Waals surface area contributed by atoms with Gasteiger partial charge in [0.2, 0.25) is 0 Å². The quantitative estimate of drug-likeness (QED) is 0.752. The molecule has 0 aromatic heterocycles. The lowest BCUT2D eigenvalue weighted by Crippen LogP contribution is -3.12. The molecule has 1 saturated heterocycles. The molecule has 0 spiro atoms. The lowest BCUT2D eigenvalue weighted by atomic mass is 9.86. The minimum absolute atomic E-state index is 0.0402. The lowest BCUT2D eigenvalue weighted by molar-refractivity contribution is -0.890. The van der Waals surface area contributed by atoms with E-state index in [1.54, 1.807) is 0 Å². The predicted octanol–water partition coefficient (Wildman–Crippen LogP) is 2.74. The third-order valence-corrected chi connectivity index (χ3v) is 5.82. The summed E-state index contributed by atoms with van der Waals surface area (Å²) in [5.41, 5.74) is 2.31. The Hall–Kier alpha value is -1.59. The summed E-state index contributed by atoms with van der Waals surface area (Å²) in [6.45, 7) is 4.29. The molecule has 2 N–H and O–H groups in total. The number of benzene rings is 2. The van der Waals surface area contributed by atoms with E-state index in [4.69, 9.17) is 27.9 Å². The first-order chi connectivity index (χ1) is 13.4. The van der Waals surface area contributed by atoms with Crippen molar-refractivity contribution >= 4 is 29.1 Å². The van der Waals surface area contributed by atoms with Crippen LogP contribution in [-0.4, -0.2) is 44.8 Å². The molecule has 1 aliphatic heterocycles. The highest BCUT2D eigenvalue weighted by Gasteiger charge is 2.30. The second-order valence-electron chi connectivity index (χ2n) is 7.56. The maximum absolute atomic E-state index is 12.8. The highest BCUT2D eigenvalue weighted by atomic mass is 35.5. The van der Waals surface area contributed by atoms with E-state index in [1.807, 2.05) is 55.5 Å². The Labute approximate surface area is 176 Å². The molecule has 1 fully saturated rings. The lowest BCUT2D eigenvalue weighted by Gasteiger charge is -2.30. The molecule has 0 aliphatic carbocycles. The molecule has 0 saturated carbocycles. The Morgan fingerprint density at radius 1 is 1.14 bits per heavy atom. The number of carbonyl (C=O) groups is 1. The summed E-state index contributed by atoms with van der Waals surface area (Å²) in [6.07, 6.45) is 0.398. The third-order valence-electron chi connectivity index (χ3n) is 5.31. The van der Waals surface area contributed by atoms with Crippen molar-refractivity contribution in [2.24, 2.45) is 0 Å². The second-order valence-corrected chi connectivity index (χ2v) is 8.43. The first-order valence-electron chi connectivity index (χ1n) is 9.65. The van der Waals surface area contributed by atoms with Gasteiger partial charge in [-0.15, -0.1) is 0 Å². The van der Waals surface area contributed by atoms with E-state index in [2.05, 4.69) is 12.4 Å². The summed E-state index contributed by atoms with van der Waals surface area (Å²) in [5.74, 6) is 0.0673. The normalized spacial score (nSPS) is 21.7. The van der Waals surface area contributed by atoms with Gasteiger partial charge in [-0.05, 0) is 48.7 Å². The van der Waals surface area contributed by atoms with Crippen LogP contribution >= 0.6 is 23.2 Å². The molecule has 1 aliphatic rings. The van der Waals surface area contributed by atoms with Crippen LogP contribution in [0.2, 0.25) is 10.0 Å². The van der Waals surface area contributed by atoms with Crippen LogP contribution in [0.1, 0.15) is 24.0 Å². The van der Waals surface area contributed by atoms with E-state index in [0.717, 1.165) is 18.5 Å². The SMILES string of the molecule is C[C@@H](NC(=O)C1C[NH+](C)CCO1)[C@H](Cc1ccc(Cl)cc1)c1ccc(Cl)cc1. The van der Waals surface area contributed by atoms with E-state index < -0.39 is 6.10 Å². The van der Waals surface area contributed by atoms with Gasteiger partial charge in [-0.2, -0.15) is 0 Å². The van der Waals surface area contributed by atoms with Crippen LogP contribution in [0.4, 0.5) is 0 Å². The van der Waals surface area contributed by atoms with Gasteiger partial charge in [-0.3, -0.25) is 4.79 Å². The fourth-order valence-corrected chi connectivity index (χ4v) is 3.86. The van der Waals surface area contributed by atoms with Gasteiger partial charge in [0, 0.05) is 22.0 Å². The fourth-order valence-electron chi connectivity index (χ4n) is 3.61. The molecule has 2 unspecified atom stereocenters. The molecule has 2 aromatic rings. The van der Waals surface area contributed by atoms with Crippen molar-refractivity contribution in [1.29, 1.82) is 0 Å². The van der Waals surface area contributed by atoms with Crippen LogP contribution in [0.3, 0.4) is 0 Å². The first kappa shape index (κ1) is 21.1. The molecule has 150 valence electrons. The number of rotatable bonds is 6. The number of nitrogens with one attached hydrogen (secondary N) is 2. The molecular weight excluding hydrogens is 395 g/mol. The van der Waals surface area contributed by atoms with Gasteiger partial charge in [0.1, 0.15) is 13.1 Å². The Kier molecular flexibility index (Phi) is 7.36. The number of morpholine rings is 1. The Morgan fingerprint density at radius 3 is 2.36 bits per heavy atom. The average molecular weight is 422 g/mol. The summed E-state index contributed by atoms with van der Waals surface area (Å²) in [4.78, 5) is 14.1. The van der Waals surface area contributed by atoms with Crippen molar-refractivity contribution in [3.05, 3.63) is 69.7 Å². The number of quaternary nitrogens is 1. The van der Waals surface area contributed by atoms with Crippen molar-refractivity contribution < 1.29 is 14.4 Å². The monoisotopic (exact) mass is 421 g/mol. The predicted molar refractivity (Wildman–Crippen MR) is 113 cm³/mol. The highest BCUT2D eigenvalue weighted by molar-refractivity contribution is 6.30. The number of ether oxygens (including phenoxy) is 1. The summed E-state index contributed by atoms with van der Waals surface area (Å²) >= 11 is 12.1. The molecule has 1 heterocycles. The molecule has 4 nitrogen and oxygen atoms in total. The van der Waals surface area contributed by atoms with Gasteiger partial charge >= 0.3 is 0 Å². The molecule has 2 aromatic carbocycles. The Bertz CT molecular complexity index is 780. The van der Waals surface area contributed by atoms with Crippen molar-refractivity contribution in [3.8, 4) is 0 Å². The summed E-state index contributed by atoms with van der Waals surface area (Å²) < 4.78 is 5.68. The van der Waals surface area contributed by atoms with Crippen molar-refractivity contribution in [2.75, 3.05) is 26.7 Å². The molecule has 1 amide bonds. The maximum atomic E-state index is 12.8. The fraction of sp³-hybridized carbons (Fsp3) is 0.409. The topological polar surface area (TPSA) is 42.8 Å². The zero-order valence-electron chi connectivity index (χ0n) is 16.3. The standard InChI is InChI=1S/C22H26Cl2N2O2/c1-15(25-22(27)21-14-26(2)11-12-28-21)20(17-5-9-19(24)10-6-17)13-16-3-7-18(23)8-4-16/h3-10,15,20-21H,11-14H2,1-2H3,(H,25,27)/p+1/t15-,20+,21?/m1/s1. The van der Waals surface area contributed by atoms with E-state index >= 15 is 0 Å². The minimum Gasteiger partial charge on any atom is -0.357 e. The average Bonchev–Trinajstić information content (AvgIpc) is 2.68. The van der Waals surface area contributed by atoms with Crippen molar-refractivity contribution in [2.45, 2.75) is 31.4 Å². The second kappa shape index (κ2) is 9.75. The molecule has 0 bridgehead atoms. The number of hydrogen-bond donors (Lipinski definition) is 2. The molecule has 6 heteroatoms. The van der Waals surface area contributed by atoms with Crippen molar-refractivity contribution in [3.63, 3.8) is 0 Å². The van der Waals surface area contributed by atoms with Gasteiger partial charge in [-0.25, -0.2) is 0 Å². The van der Waals surface area contributed by atoms with Gasteiger partial charge in [0.15, 0.2) is 6.10 Å². The van der Waals surface area contributed by atoms with E-state index in [0.29, 0.717) is 23.2 Å². The van der Waals surface area contributed by atoms with Crippen LogP contribution in [0.15, 0.2) is 48.5 Å². The molecular formula is C22H27Cl2N2O2+. The number of amides is 1. The molecule has 28 heavy (non-hydrogen) atoms. The smallest absolute Gasteiger partial charge is 0.255 e. The van der Waals surface area contributed by atoms with Crippen LogP contribution in [0, 0.1) is 0 Å². The van der Waals surface area contributed by atoms with E-state index in [9.17, 15) is 4.79 Å². The Balaban J connectivity index is 1.75. The highest BCUT2D eigenvalue weighted by Crippen LogP contribution is 2.27. The number of hydrogen-bond acceptors (Lipinski definition) is 2. The molecule has 4 atom stereocenters. The zero-order valence-corrected chi connectivity index (χ0v) is 17.8. The van der Waals surface area contributed by atoms with Crippen LogP contribution < -0.4 is 10.2 Å². The van der Waals surface area contributed by atoms with E-state index in [1.165, 1.54) is 10.5 Å². The molecule has 0 radical (unpaired) electrons. The summed E-state index contributed by atoms with van der Waals surface area (Å²) in [6, 6.07) is 15.6. The third kappa shape index (κ3) is 5.71. The van der Waals surface area contributed by atoms with Crippen LogP contribution in [0.5, 0.6) is 0 Å². The van der Waals surface area contributed by atoms with Gasteiger partial charge in [-0.1, -0.05) is 47.5 Å². The van der Waals surface area contributed by atoms with Crippen LogP contribution in [-0.2, 0) is 16.0 Å². The minimum atomic E-state index is -0.391. The maximum Gasteiger partial charge on any atom is 0.255 e. The number of carbonyl (C=O) groups excluding carboxylic acids is 1. The summed E-state index contributed by atoms with van der Waals surface area (Å²) in [7, 11) is 2.09. The largest absolute Gasteiger partial charge is 0.357 e. The number of halogens is 2. The molecule has 3 rings (SSSR count).